The predicted molar refractivity (Wildman–Crippen MR) is 59.6 cm³/mol. The van der Waals surface area contributed by atoms with Gasteiger partial charge in [-0.2, -0.15) is 0 Å². The third kappa shape index (κ3) is 1.83. The molecule has 0 amide bonds. The Bertz CT molecular complexity index is 331. The molecule has 1 N–H and O–H groups in total. The highest BCUT2D eigenvalue weighted by molar-refractivity contribution is 8.00. The number of hydrogen-bond acceptors (Lipinski definition) is 2. The Morgan fingerprint density at radius 3 is 2.92 bits per heavy atom. The van der Waals surface area contributed by atoms with Crippen molar-refractivity contribution in [1.29, 1.82) is 0 Å². The molecule has 2 heteroatoms. The zero-order valence-electron chi connectivity index (χ0n) is 8.35. The third-order valence-corrected chi connectivity index (χ3v) is 3.48. The molecule has 13 heavy (non-hydrogen) atoms. The van der Waals surface area contributed by atoms with Gasteiger partial charge in [0.2, 0.25) is 0 Å². The van der Waals surface area contributed by atoms with Crippen LogP contribution in [0, 0.1) is 6.92 Å². The molecule has 0 aliphatic carbocycles. The summed E-state index contributed by atoms with van der Waals surface area (Å²) in [7, 11) is 0. The van der Waals surface area contributed by atoms with Crippen molar-refractivity contribution in [2.75, 3.05) is 11.9 Å². The van der Waals surface area contributed by atoms with Gasteiger partial charge in [0.1, 0.15) is 0 Å². The molecule has 1 aromatic carbocycles. The zero-order chi connectivity index (χ0) is 9.47. The minimum absolute atomic E-state index is 0.320. The number of nitrogens with one attached hydrogen (secondary N) is 1. The summed E-state index contributed by atoms with van der Waals surface area (Å²) in [5.74, 6) is 0. The smallest absolute Gasteiger partial charge is 0.0479 e. The Kier molecular flexibility index (Phi) is 2.03. The van der Waals surface area contributed by atoms with Crippen molar-refractivity contribution in [3.05, 3.63) is 23.8 Å². The lowest BCUT2D eigenvalue weighted by Crippen LogP contribution is -2.29. The van der Waals surface area contributed by atoms with Crippen molar-refractivity contribution < 1.29 is 0 Å². The van der Waals surface area contributed by atoms with Gasteiger partial charge >= 0.3 is 0 Å². The highest BCUT2D eigenvalue weighted by Crippen LogP contribution is 2.41. The van der Waals surface area contributed by atoms with Crippen LogP contribution in [-0.2, 0) is 0 Å². The standard InChI is InChI=1S/C11H15NS/c1-8-4-5-9-10(6-8)13-11(2,3)7-12-9/h4-6,12H,7H2,1-3H3. The van der Waals surface area contributed by atoms with Crippen molar-refractivity contribution >= 4 is 17.4 Å². The van der Waals surface area contributed by atoms with Crippen LogP contribution >= 0.6 is 11.8 Å². The maximum absolute atomic E-state index is 3.46. The van der Waals surface area contributed by atoms with Gasteiger partial charge in [-0.25, -0.2) is 0 Å². The van der Waals surface area contributed by atoms with E-state index in [0.717, 1.165) is 6.54 Å². The van der Waals surface area contributed by atoms with Gasteiger partial charge in [0.15, 0.2) is 0 Å². The highest BCUT2D eigenvalue weighted by atomic mass is 32.2. The lowest BCUT2D eigenvalue weighted by atomic mass is 10.1. The molecular formula is C11H15NS. The summed E-state index contributed by atoms with van der Waals surface area (Å²) >= 11 is 1.97. The minimum atomic E-state index is 0.320. The van der Waals surface area contributed by atoms with E-state index in [1.807, 2.05) is 11.8 Å². The van der Waals surface area contributed by atoms with Gasteiger partial charge in [-0.3, -0.25) is 0 Å². The van der Waals surface area contributed by atoms with Crippen LogP contribution in [-0.4, -0.2) is 11.3 Å². The SMILES string of the molecule is Cc1ccc2c(c1)SC(C)(C)CN2. The van der Waals surface area contributed by atoms with Crippen LogP contribution in [0.4, 0.5) is 5.69 Å². The van der Waals surface area contributed by atoms with E-state index < -0.39 is 0 Å². The van der Waals surface area contributed by atoms with Crippen LogP contribution in [0.2, 0.25) is 0 Å². The highest BCUT2D eigenvalue weighted by Gasteiger charge is 2.25. The molecule has 0 atom stereocenters. The van der Waals surface area contributed by atoms with Crippen molar-refractivity contribution in [3.63, 3.8) is 0 Å². The average Bonchev–Trinajstić information content (AvgIpc) is 2.01. The van der Waals surface area contributed by atoms with E-state index in [1.165, 1.54) is 16.1 Å². The van der Waals surface area contributed by atoms with Crippen LogP contribution < -0.4 is 5.32 Å². The fourth-order valence-electron chi connectivity index (χ4n) is 1.50. The first-order valence-corrected chi connectivity index (χ1v) is 5.42. The average molecular weight is 193 g/mol. The van der Waals surface area contributed by atoms with E-state index in [-0.39, 0.29) is 0 Å². The number of hydrogen-bond donors (Lipinski definition) is 1. The number of rotatable bonds is 0. The van der Waals surface area contributed by atoms with E-state index in [0.29, 0.717) is 4.75 Å². The Hall–Kier alpha value is -0.630. The molecule has 1 aliphatic rings. The zero-order valence-corrected chi connectivity index (χ0v) is 9.16. The van der Waals surface area contributed by atoms with E-state index >= 15 is 0 Å². The van der Waals surface area contributed by atoms with Crippen LogP contribution in [0.3, 0.4) is 0 Å². The van der Waals surface area contributed by atoms with Crippen molar-refractivity contribution in [1.82, 2.24) is 0 Å². The van der Waals surface area contributed by atoms with Gasteiger partial charge in [0.25, 0.3) is 0 Å². The van der Waals surface area contributed by atoms with Gasteiger partial charge in [-0.1, -0.05) is 6.07 Å². The molecule has 2 rings (SSSR count). The Morgan fingerprint density at radius 2 is 2.15 bits per heavy atom. The van der Waals surface area contributed by atoms with E-state index in [4.69, 9.17) is 0 Å². The molecule has 1 nitrogen and oxygen atoms in total. The molecule has 70 valence electrons. The summed E-state index contributed by atoms with van der Waals surface area (Å²) in [5, 5.41) is 3.46. The molecule has 0 spiro atoms. The second-order valence-corrected chi connectivity index (χ2v) is 5.96. The van der Waals surface area contributed by atoms with E-state index in [9.17, 15) is 0 Å². The largest absolute Gasteiger partial charge is 0.383 e. The number of thioether (sulfide) groups is 1. The number of benzene rings is 1. The van der Waals surface area contributed by atoms with Crippen molar-refractivity contribution in [2.24, 2.45) is 0 Å². The maximum Gasteiger partial charge on any atom is 0.0479 e. The van der Waals surface area contributed by atoms with Gasteiger partial charge in [0.05, 0.1) is 0 Å². The number of aryl methyl sites for hydroxylation is 1. The first-order chi connectivity index (χ1) is 6.07. The molecule has 1 heterocycles. The Morgan fingerprint density at radius 1 is 1.38 bits per heavy atom. The monoisotopic (exact) mass is 193 g/mol. The number of anilines is 1. The quantitative estimate of drug-likeness (QED) is 0.678. The summed E-state index contributed by atoms with van der Waals surface area (Å²) in [6.07, 6.45) is 0. The molecule has 1 aromatic rings. The Labute approximate surface area is 83.9 Å². The fraction of sp³-hybridized carbons (Fsp3) is 0.455. The first-order valence-electron chi connectivity index (χ1n) is 4.60. The molecule has 0 aromatic heterocycles. The molecule has 0 bridgehead atoms. The van der Waals surface area contributed by atoms with Gasteiger partial charge in [-0.05, 0) is 38.5 Å². The molecular weight excluding hydrogens is 178 g/mol. The maximum atomic E-state index is 3.46. The predicted octanol–water partition coefficient (Wildman–Crippen LogP) is 3.29. The first kappa shape index (κ1) is 8.95. The third-order valence-electron chi connectivity index (χ3n) is 2.23. The van der Waals surface area contributed by atoms with Gasteiger partial charge in [-0.15, -0.1) is 11.8 Å². The van der Waals surface area contributed by atoms with E-state index in [2.05, 4.69) is 44.3 Å². The normalized spacial score (nSPS) is 19.0. The molecule has 0 radical (unpaired) electrons. The summed E-state index contributed by atoms with van der Waals surface area (Å²) in [4.78, 5) is 1.39. The Balaban J connectivity index is 2.38. The fourth-order valence-corrected chi connectivity index (χ4v) is 2.74. The lowest BCUT2D eigenvalue weighted by Gasteiger charge is -2.31. The summed E-state index contributed by atoms with van der Waals surface area (Å²) in [6, 6.07) is 6.59. The van der Waals surface area contributed by atoms with Crippen molar-refractivity contribution in [3.8, 4) is 0 Å². The summed E-state index contributed by atoms with van der Waals surface area (Å²) in [5.41, 5.74) is 2.63. The van der Waals surface area contributed by atoms with Crippen LogP contribution in [0.5, 0.6) is 0 Å². The second kappa shape index (κ2) is 2.95. The molecule has 0 fully saturated rings. The molecule has 0 unspecified atom stereocenters. The minimum Gasteiger partial charge on any atom is -0.383 e. The van der Waals surface area contributed by atoms with Gasteiger partial charge in [0, 0.05) is 21.9 Å². The lowest BCUT2D eigenvalue weighted by molar-refractivity contribution is 0.739. The van der Waals surface area contributed by atoms with E-state index in [1.54, 1.807) is 0 Å². The number of fused-ring (bicyclic) bond motifs is 1. The van der Waals surface area contributed by atoms with Crippen LogP contribution in [0.25, 0.3) is 0 Å². The van der Waals surface area contributed by atoms with Crippen LogP contribution in [0.15, 0.2) is 23.1 Å². The topological polar surface area (TPSA) is 12.0 Å². The second-order valence-electron chi connectivity index (χ2n) is 4.21. The van der Waals surface area contributed by atoms with Crippen LogP contribution in [0.1, 0.15) is 19.4 Å². The summed E-state index contributed by atoms with van der Waals surface area (Å²) in [6.45, 7) is 7.74. The molecule has 0 saturated heterocycles. The van der Waals surface area contributed by atoms with Crippen molar-refractivity contribution in [2.45, 2.75) is 30.4 Å². The summed E-state index contributed by atoms with van der Waals surface area (Å²) < 4.78 is 0.320. The molecule has 1 aliphatic heterocycles. The molecule has 0 saturated carbocycles. The van der Waals surface area contributed by atoms with Gasteiger partial charge < -0.3 is 5.32 Å².